The molecule has 2 heterocycles. The van der Waals surface area contributed by atoms with E-state index in [-0.39, 0.29) is 24.7 Å². The van der Waals surface area contributed by atoms with Gasteiger partial charge in [-0.25, -0.2) is 4.79 Å². The zero-order chi connectivity index (χ0) is 28.1. The molecule has 0 spiro atoms. The standard InChI is InChI=1S/C29H28N4O6/c1-32-16-21(14-25(32)29(38)39-3)20-7-9-22(10-8-20)31-28(37)24-15-23(17-33(24)2)30-26(34)12-18-5-4-6-19(11-18)13-27(35)36/h4-11,14-17H,12-13H2,1-3H3,(H,30,34)(H,31,37)(H,35,36). The molecule has 0 fully saturated rings. The second-order valence-electron chi connectivity index (χ2n) is 9.09. The molecule has 39 heavy (non-hydrogen) atoms. The third kappa shape index (κ3) is 6.61. The Hall–Kier alpha value is -5.12. The van der Waals surface area contributed by atoms with Crippen LogP contribution in [0.3, 0.4) is 0 Å². The molecule has 0 aliphatic heterocycles. The lowest BCUT2D eigenvalue weighted by atomic mass is 10.1. The number of carbonyl (C=O) groups is 4. The van der Waals surface area contributed by atoms with E-state index in [1.165, 1.54) is 7.11 Å². The molecule has 10 nitrogen and oxygen atoms in total. The number of aromatic nitrogens is 2. The van der Waals surface area contributed by atoms with E-state index in [0.29, 0.717) is 33.9 Å². The van der Waals surface area contributed by atoms with Gasteiger partial charge in [0, 0.05) is 37.7 Å². The minimum absolute atomic E-state index is 0.0682. The number of hydrogen-bond acceptors (Lipinski definition) is 5. The third-order valence-corrected chi connectivity index (χ3v) is 6.11. The van der Waals surface area contributed by atoms with Crippen LogP contribution in [0.15, 0.2) is 73.1 Å². The zero-order valence-electron chi connectivity index (χ0n) is 21.7. The van der Waals surface area contributed by atoms with Crippen LogP contribution in [-0.4, -0.2) is 45.1 Å². The maximum absolute atomic E-state index is 12.9. The van der Waals surface area contributed by atoms with Crippen molar-refractivity contribution in [2.75, 3.05) is 17.7 Å². The number of aryl methyl sites for hydroxylation is 2. The number of carboxylic acid groups (broad SMARTS) is 1. The maximum atomic E-state index is 12.9. The first-order valence-electron chi connectivity index (χ1n) is 12.0. The minimum atomic E-state index is -0.937. The molecule has 10 heteroatoms. The number of amides is 2. The van der Waals surface area contributed by atoms with Gasteiger partial charge in [0.05, 0.1) is 25.6 Å². The smallest absolute Gasteiger partial charge is 0.354 e. The van der Waals surface area contributed by atoms with Gasteiger partial charge in [-0.15, -0.1) is 0 Å². The Bertz CT molecular complexity index is 1550. The lowest BCUT2D eigenvalue weighted by Crippen LogP contribution is -2.15. The lowest BCUT2D eigenvalue weighted by molar-refractivity contribution is -0.136. The number of aliphatic carboxylic acids is 1. The van der Waals surface area contributed by atoms with Crippen molar-refractivity contribution in [3.8, 4) is 11.1 Å². The van der Waals surface area contributed by atoms with Gasteiger partial charge in [0.2, 0.25) is 5.91 Å². The molecular formula is C29H28N4O6. The van der Waals surface area contributed by atoms with Crippen LogP contribution in [0.2, 0.25) is 0 Å². The fourth-order valence-corrected chi connectivity index (χ4v) is 4.24. The Balaban J connectivity index is 1.38. The molecule has 2 aromatic carbocycles. The number of esters is 1. The van der Waals surface area contributed by atoms with Gasteiger partial charge in [-0.3, -0.25) is 14.4 Å². The summed E-state index contributed by atoms with van der Waals surface area (Å²) >= 11 is 0. The molecular weight excluding hydrogens is 500 g/mol. The Labute approximate surface area is 224 Å². The summed E-state index contributed by atoms with van der Waals surface area (Å²) in [5, 5.41) is 14.6. The molecule has 4 aromatic rings. The van der Waals surface area contributed by atoms with Crippen molar-refractivity contribution in [2.24, 2.45) is 14.1 Å². The summed E-state index contributed by atoms with van der Waals surface area (Å²) in [4.78, 5) is 48.3. The topological polar surface area (TPSA) is 132 Å². The molecule has 0 radical (unpaired) electrons. The maximum Gasteiger partial charge on any atom is 0.354 e. The van der Waals surface area contributed by atoms with Gasteiger partial charge in [-0.1, -0.05) is 36.4 Å². The molecule has 0 atom stereocenters. The fraction of sp³-hybridized carbons (Fsp3) is 0.172. The predicted octanol–water partition coefficient (Wildman–Crippen LogP) is 3.88. The second kappa shape index (κ2) is 11.5. The SMILES string of the molecule is COC(=O)c1cc(-c2ccc(NC(=O)c3cc(NC(=O)Cc4cccc(CC(=O)O)c4)cn3C)cc2)cn1C. The highest BCUT2D eigenvalue weighted by molar-refractivity contribution is 6.04. The Morgan fingerprint density at radius 1 is 0.769 bits per heavy atom. The first-order valence-corrected chi connectivity index (χ1v) is 12.0. The van der Waals surface area contributed by atoms with Crippen molar-refractivity contribution in [1.29, 1.82) is 0 Å². The largest absolute Gasteiger partial charge is 0.481 e. The van der Waals surface area contributed by atoms with Crippen LogP contribution in [0, 0.1) is 0 Å². The van der Waals surface area contributed by atoms with Gasteiger partial charge in [0.1, 0.15) is 11.4 Å². The summed E-state index contributed by atoms with van der Waals surface area (Å²) in [6, 6.07) is 17.4. The summed E-state index contributed by atoms with van der Waals surface area (Å²) in [6.07, 6.45) is 3.42. The number of methoxy groups -OCH3 is 1. The molecule has 0 aliphatic rings. The molecule has 3 N–H and O–H groups in total. The number of anilines is 2. The average molecular weight is 529 g/mol. The number of carbonyl (C=O) groups excluding carboxylic acids is 3. The first kappa shape index (κ1) is 26.9. The van der Waals surface area contributed by atoms with Crippen molar-refractivity contribution in [2.45, 2.75) is 12.8 Å². The number of rotatable bonds is 9. The molecule has 2 amide bonds. The van der Waals surface area contributed by atoms with E-state index in [0.717, 1.165) is 11.1 Å². The Morgan fingerprint density at radius 2 is 1.44 bits per heavy atom. The highest BCUT2D eigenvalue weighted by atomic mass is 16.5. The molecule has 0 bridgehead atoms. The highest BCUT2D eigenvalue weighted by Crippen LogP contribution is 2.24. The average Bonchev–Trinajstić information content (AvgIpc) is 3.45. The summed E-state index contributed by atoms with van der Waals surface area (Å²) in [5.41, 5.74) is 4.86. The molecule has 200 valence electrons. The van der Waals surface area contributed by atoms with Gasteiger partial charge in [-0.2, -0.15) is 0 Å². The van der Waals surface area contributed by atoms with E-state index >= 15 is 0 Å². The first-order chi connectivity index (χ1) is 18.6. The van der Waals surface area contributed by atoms with Gasteiger partial charge < -0.3 is 29.6 Å². The van der Waals surface area contributed by atoms with Crippen LogP contribution < -0.4 is 10.6 Å². The molecule has 0 unspecified atom stereocenters. The van der Waals surface area contributed by atoms with E-state index in [1.807, 2.05) is 18.3 Å². The highest BCUT2D eigenvalue weighted by Gasteiger charge is 2.16. The van der Waals surface area contributed by atoms with Crippen LogP contribution in [0.5, 0.6) is 0 Å². The van der Waals surface area contributed by atoms with E-state index in [2.05, 4.69) is 10.6 Å². The monoisotopic (exact) mass is 528 g/mol. The lowest BCUT2D eigenvalue weighted by Gasteiger charge is -2.07. The number of nitrogens with one attached hydrogen (secondary N) is 2. The van der Waals surface area contributed by atoms with E-state index in [4.69, 9.17) is 9.84 Å². The number of carboxylic acids is 1. The normalized spacial score (nSPS) is 10.6. The van der Waals surface area contributed by atoms with Crippen LogP contribution in [0.4, 0.5) is 11.4 Å². The minimum Gasteiger partial charge on any atom is -0.481 e. The van der Waals surface area contributed by atoms with Crippen molar-refractivity contribution in [3.05, 3.63) is 95.6 Å². The number of hydrogen-bond donors (Lipinski definition) is 3. The predicted molar refractivity (Wildman–Crippen MR) is 146 cm³/mol. The zero-order valence-corrected chi connectivity index (χ0v) is 21.7. The Kier molecular flexibility index (Phi) is 7.95. The van der Waals surface area contributed by atoms with Gasteiger partial charge in [0.15, 0.2) is 0 Å². The molecule has 0 saturated carbocycles. The van der Waals surface area contributed by atoms with Crippen LogP contribution >= 0.6 is 0 Å². The molecule has 2 aromatic heterocycles. The molecule has 4 rings (SSSR count). The van der Waals surface area contributed by atoms with Crippen molar-refractivity contribution >= 4 is 35.1 Å². The van der Waals surface area contributed by atoms with E-state index < -0.39 is 11.9 Å². The summed E-state index contributed by atoms with van der Waals surface area (Å²) < 4.78 is 8.11. The number of ether oxygens (including phenoxy) is 1. The summed E-state index contributed by atoms with van der Waals surface area (Å²) in [6.45, 7) is 0. The van der Waals surface area contributed by atoms with Crippen LogP contribution in [0.25, 0.3) is 11.1 Å². The van der Waals surface area contributed by atoms with Crippen LogP contribution in [0.1, 0.15) is 32.1 Å². The van der Waals surface area contributed by atoms with Gasteiger partial charge >= 0.3 is 11.9 Å². The molecule has 0 saturated heterocycles. The second-order valence-corrected chi connectivity index (χ2v) is 9.09. The number of benzene rings is 2. The van der Waals surface area contributed by atoms with E-state index in [1.54, 1.807) is 78.0 Å². The van der Waals surface area contributed by atoms with Crippen molar-refractivity contribution in [1.82, 2.24) is 9.13 Å². The summed E-state index contributed by atoms with van der Waals surface area (Å²) in [7, 11) is 4.81. The number of nitrogens with zero attached hydrogens (tertiary/aromatic N) is 2. The quantitative estimate of drug-likeness (QED) is 0.283. The van der Waals surface area contributed by atoms with Gasteiger partial charge in [0.25, 0.3) is 5.91 Å². The van der Waals surface area contributed by atoms with Crippen molar-refractivity contribution < 1.29 is 29.0 Å². The fourth-order valence-electron chi connectivity index (χ4n) is 4.24. The Morgan fingerprint density at radius 3 is 2.10 bits per heavy atom. The van der Waals surface area contributed by atoms with E-state index in [9.17, 15) is 19.2 Å². The third-order valence-electron chi connectivity index (χ3n) is 6.11. The summed E-state index contributed by atoms with van der Waals surface area (Å²) in [5.74, 6) is -1.99. The molecule has 0 aliphatic carbocycles. The van der Waals surface area contributed by atoms with Gasteiger partial charge in [-0.05, 0) is 41.0 Å². The van der Waals surface area contributed by atoms with Crippen LogP contribution in [-0.2, 0) is 41.3 Å². The van der Waals surface area contributed by atoms with Crippen molar-refractivity contribution in [3.63, 3.8) is 0 Å².